The minimum absolute atomic E-state index is 0.395. The fourth-order valence-electron chi connectivity index (χ4n) is 0.930. The third kappa shape index (κ3) is 3.70. The van der Waals surface area contributed by atoms with Crippen molar-refractivity contribution < 1.29 is 0 Å². The Morgan fingerprint density at radius 3 is 3.00 bits per heavy atom. The summed E-state index contributed by atoms with van der Waals surface area (Å²) in [7, 11) is 0. The van der Waals surface area contributed by atoms with Crippen LogP contribution in [0.15, 0.2) is 24.5 Å². The second-order valence-electron chi connectivity index (χ2n) is 3.15. The third-order valence-corrected chi connectivity index (χ3v) is 2.13. The zero-order valence-electron chi connectivity index (χ0n) is 8.45. The van der Waals surface area contributed by atoms with Crippen LogP contribution in [0.5, 0.6) is 0 Å². The first-order chi connectivity index (χ1) is 6.72. The third-order valence-electron chi connectivity index (χ3n) is 1.91. The molecule has 0 fully saturated rings. The average molecular weight is 209 g/mol. The highest BCUT2D eigenvalue weighted by molar-refractivity contribution is 7.80. The molecule has 0 unspecified atom stereocenters. The Balaban J connectivity index is 2.42. The van der Waals surface area contributed by atoms with Gasteiger partial charge in [0.25, 0.3) is 0 Å². The fraction of sp³-hybridized carbons (Fsp3) is 0.400. The lowest BCUT2D eigenvalue weighted by atomic mass is 10.3. The number of pyridine rings is 1. The maximum absolute atomic E-state index is 5.13. The molecular formula is C10H15N3S. The molecule has 0 radical (unpaired) electrons. The number of anilines is 1. The molecule has 1 heterocycles. The number of thiocarbonyl (C=S) groups is 1. The summed E-state index contributed by atoms with van der Waals surface area (Å²) < 4.78 is 0. The van der Waals surface area contributed by atoms with E-state index in [9.17, 15) is 0 Å². The lowest BCUT2D eigenvalue weighted by Gasteiger charge is -2.14. The maximum Gasteiger partial charge on any atom is 0.171 e. The van der Waals surface area contributed by atoms with E-state index in [0.717, 1.165) is 12.1 Å². The van der Waals surface area contributed by atoms with E-state index in [0.29, 0.717) is 11.2 Å². The van der Waals surface area contributed by atoms with Gasteiger partial charge in [0.05, 0.1) is 11.9 Å². The van der Waals surface area contributed by atoms with Gasteiger partial charge in [-0.3, -0.25) is 4.98 Å². The lowest BCUT2D eigenvalue weighted by molar-refractivity contribution is 0.646. The van der Waals surface area contributed by atoms with Crippen LogP contribution in [0.25, 0.3) is 0 Å². The number of hydrogen-bond acceptors (Lipinski definition) is 2. The Hall–Kier alpha value is -1.16. The van der Waals surface area contributed by atoms with Gasteiger partial charge in [-0.15, -0.1) is 0 Å². The van der Waals surface area contributed by atoms with Gasteiger partial charge in [0.15, 0.2) is 5.11 Å². The molecule has 2 N–H and O–H groups in total. The van der Waals surface area contributed by atoms with Gasteiger partial charge in [0.1, 0.15) is 0 Å². The van der Waals surface area contributed by atoms with Crippen molar-refractivity contribution in [1.82, 2.24) is 10.3 Å². The molecule has 0 bridgehead atoms. The number of aromatic nitrogens is 1. The summed E-state index contributed by atoms with van der Waals surface area (Å²) in [6, 6.07) is 4.19. The van der Waals surface area contributed by atoms with Crippen LogP contribution in [0.2, 0.25) is 0 Å². The Bertz CT molecular complexity index is 287. The van der Waals surface area contributed by atoms with E-state index in [1.54, 1.807) is 12.4 Å². The molecule has 1 aromatic heterocycles. The second kappa shape index (κ2) is 5.54. The van der Waals surface area contributed by atoms with Crippen molar-refractivity contribution in [1.29, 1.82) is 0 Å². The molecule has 0 saturated carbocycles. The standard InChI is InChI=1S/C10H15N3S/c1-3-8(2)12-10(14)13-9-5-4-6-11-7-9/h4-8H,3H2,1-2H3,(H2,12,13,14)/t8-/m1/s1. The van der Waals surface area contributed by atoms with Crippen molar-refractivity contribution in [2.24, 2.45) is 0 Å². The first kappa shape index (κ1) is 10.9. The number of nitrogens with zero attached hydrogens (tertiary/aromatic N) is 1. The number of nitrogens with one attached hydrogen (secondary N) is 2. The first-order valence-electron chi connectivity index (χ1n) is 4.70. The largest absolute Gasteiger partial charge is 0.360 e. The molecule has 1 aromatic rings. The summed E-state index contributed by atoms with van der Waals surface area (Å²) >= 11 is 5.13. The molecule has 0 aliphatic rings. The maximum atomic E-state index is 5.13. The normalized spacial score (nSPS) is 11.9. The highest BCUT2D eigenvalue weighted by Crippen LogP contribution is 2.02. The van der Waals surface area contributed by atoms with Crippen molar-refractivity contribution in [2.75, 3.05) is 5.32 Å². The van der Waals surface area contributed by atoms with E-state index in [2.05, 4.69) is 29.5 Å². The van der Waals surface area contributed by atoms with Crippen molar-refractivity contribution in [2.45, 2.75) is 26.3 Å². The zero-order valence-corrected chi connectivity index (χ0v) is 9.27. The molecule has 14 heavy (non-hydrogen) atoms. The Morgan fingerprint density at radius 1 is 1.64 bits per heavy atom. The van der Waals surface area contributed by atoms with Crippen LogP contribution in [-0.2, 0) is 0 Å². The van der Waals surface area contributed by atoms with Gasteiger partial charge in [-0.2, -0.15) is 0 Å². The second-order valence-corrected chi connectivity index (χ2v) is 3.56. The molecule has 0 aliphatic carbocycles. The topological polar surface area (TPSA) is 37.0 Å². The monoisotopic (exact) mass is 209 g/mol. The summed E-state index contributed by atoms with van der Waals surface area (Å²) in [6.45, 7) is 4.21. The van der Waals surface area contributed by atoms with Crippen molar-refractivity contribution >= 4 is 23.0 Å². The molecule has 3 nitrogen and oxygen atoms in total. The Labute approximate surface area is 89.9 Å². The van der Waals surface area contributed by atoms with Gasteiger partial charge >= 0.3 is 0 Å². The molecule has 1 atom stereocenters. The predicted octanol–water partition coefficient (Wildman–Crippen LogP) is 2.17. The summed E-state index contributed by atoms with van der Waals surface area (Å²) in [5, 5.41) is 6.88. The van der Waals surface area contributed by atoms with Crippen LogP contribution < -0.4 is 10.6 Å². The summed E-state index contributed by atoms with van der Waals surface area (Å²) in [5.74, 6) is 0. The minimum atomic E-state index is 0.395. The van der Waals surface area contributed by atoms with E-state index < -0.39 is 0 Å². The number of hydrogen-bond donors (Lipinski definition) is 2. The van der Waals surface area contributed by atoms with Gasteiger partial charge in [0.2, 0.25) is 0 Å². The van der Waals surface area contributed by atoms with Gasteiger partial charge < -0.3 is 10.6 Å². The Kier molecular flexibility index (Phi) is 4.32. The molecule has 0 spiro atoms. The van der Waals surface area contributed by atoms with E-state index in [1.807, 2.05) is 12.1 Å². The van der Waals surface area contributed by atoms with E-state index >= 15 is 0 Å². The van der Waals surface area contributed by atoms with Crippen LogP contribution in [0.1, 0.15) is 20.3 Å². The van der Waals surface area contributed by atoms with Gasteiger partial charge in [-0.05, 0) is 37.7 Å². The quantitative estimate of drug-likeness (QED) is 0.748. The van der Waals surface area contributed by atoms with Crippen LogP contribution in [0.4, 0.5) is 5.69 Å². The number of rotatable bonds is 3. The highest BCUT2D eigenvalue weighted by atomic mass is 32.1. The average Bonchev–Trinajstić information content (AvgIpc) is 2.19. The molecule has 0 aliphatic heterocycles. The predicted molar refractivity (Wildman–Crippen MR) is 63.3 cm³/mol. The van der Waals surface area contributed by atoms with Gasteiger partial charge in [0, 0.05) is 12.2 Å². The SMILES string of the molecule is CC[C@@H](C)NC(=S)Nc1cccnc1. The van der Waals surface area contributed by atoms with E-state index in [4.69, 9.17) is 12.2 Å². The summed E-state index contributed by atoms with van der Waals surface area (Å²) in [5.41, 5.74) is 0.910. The van der Waals surface area contributed by atoms with Crippen molar-refractivity contribution in [3.8, 4) is 0 Å². The molecular weight excluding hydrogens is 194 g/mol. The van der Waals surface area contributed by atoms with Crippen LogP contribution in [-0.4, -0.2) is 16.1 Å². The van der Waals surface area contributed by atoms with Gasteiger partial charge in [-0.1, -0.05) is 6.92 Å². The van der Waals surface area contributed by atoms with Crippen LogP contribution in [0.3, 0.4) is 0 Å². The molecule has 76 valence electrons. The van der Waals surface area contributed by atoms with Gasteiger partial charge in [-0.25, -0.2) is 0 Å². The zero-order chi connectivity index (χ0) is 10.4. The summed E-state index contributed by atoms with van der Waals surface area (Å²) in [6.07, 6.45) is 4.52. The van der Waals surface area contributed by atoms with Crippen molar-refractivity contribution in [3.63, 3.8) is 0 Å². The van der Waals surface area contributed by atoms with Crippen molar-refractivity contribution in [3.05, 3.63) is 24.5 Å². The summed E-state index contributed by atoms with van der Waals surface area (Å²) in [4.78, 5) is 3.99. The lowest BCUT2D eigenvalue weighted by Crippen LogP contribution is -2.35. The molecule has 0 saturated heterocycles. The van der Waals surface area contributed by atoms with Crippen LogP contribution in [0, 0.1) is 0 Å². The first-order valence-corrected chi connectivity index (χ1v) is 5.10. The van der Waals surface area contributed by atoms with Crippen LogP contribution >= 0.6 is 12.2 Å². The molecule has 0 aromatic carbocycles. The minimum Gasteiger partial charge on any atom is -0.360 e. The molecule has 0 amide bonds. The molecule has 4 heteroatoms. The molecule has 1 rings (SSSR count). The van der Waals surface area contributed by atoms with E-state index in [1.165, 1.54) is 0 Å². The Morgan fingerprint density at radius 2 is 2.43 bits per heavy atom. The highest BCUT2D eigenvalue weighted by Gasteiger charge is 2.00. The van der Waals surface area contributed by atoms with E-state index in [-0.39, 0.29) is 0 Å². The smallest absolute Gasteiger partial charge is 0.171 e. The fourth-order valence-corrected chi connectivity index (χ4v) is 1.25.